The lowest BCUT2D eigenvalue weighted by molar-refractivity contribution is -0.126. The van der Waals surface area contributed by atoms with E-state index in [0.29, 0.717) is 12.0 Å². The molecular weight excluding hydrogens is 279 g/mol. The molecule has 1 fully saturated rings. The number of hydrogen-bond acceptors (Lipinski definition) is 2. The van der Waals surface area contributed by atoms with Gasteiger partial charge in [-0.15, -0.1) is 0 Å². The fourth-order valence-electron chi connectivity index (χ4n) is 3.36. The van der Waals surface area contributed by atoms with E-state index in [0.717, 1.165) is 0 Å². The first-order chi connectivity index (χ1) is 10.2. The first-order valence-corrected chi connectivity index (χ1v) is 7.72. The summed E-state index contributed by atoms with van der Waals surface area (Å²) in [6, 6.07) is 5.86. The van der Waals surface area contributed by atoms with Gasteiger partial charge in [0, 0.05) is 11.0 Å². The van der Waals surface area contributed by atoms with E-state index in [9.17, 15) is 14.0 Å². The molecule has 0 bridgehead atoms. The van der Waals surface area contributed by atoms with Crippen molar-refractivity contribution in [2.75, 3.05) is 0 Å². The van der Waals surface area contributed by atoms with E-state index in [4.69, 9.17) is 0 Å². The van der Waals surface area contributed by atoms with Crippen molar-refractivity contribution in [1.82, 2.24) is 0 Å². The van der Waals surface area contributed by atoms with Crippen molar-refractivity contribution in [3.63, 3.8) is 0 Å². The number of ketones is 2. The molecule has 1 aromatic rings. The van der Waals surface area contributed by atoms with E-state index >= 15 is 0 Å². The average molecular weight is 302 g/mol. The number of halogens is 1. The molecule has 118 valence electrons. The molecule has 1 aliphatic rings. The molecule has 0 aromatic heterocycles. The van der Waals surface area contributed by atoms with Crippen molar-refractivity contribution >= 4 is 11.6 Å². The molecule has 1 saturated carbocycles. The summed E-state index contributed by atoms with van der Waals surface area (Å²) in [6.07, 6.45) is 2.06. The van der Waals surface area contributed by atoms with E-state index in [1.807, 2.05) is 20.8 Å². The zero-order valence-electron chi connectivity index (χ0n) is 13.9. The third-order valence-corrected chi connectivity index (χ3v) is 5.87. The third kappa shape index (κ3) is 2.23. The second-order valence-corrected chi connectivity index (χ2v) is 6.90. The van der Waals surface area contributed by atoms with Gasteiger partial charge in [0.1, 0.15) is 5.82 Å². The van der Waals surface area contributed by atoms with Crippen molar-refractivity contribution in [3.05, 3.63) is 47.3 Å². The Morgan fingerprint density at radius 2 is 1.86 bits per heavy atom. The lowest BCUT2D eigenvalue weighted by Crippen LogP contribution is -2.36. The van der Waals surface area contributed by atoms with Crippen LogP contribution < -0.4 is 0 Å². The first kappa shape index (κ1) is 16.6. The van der Waals surface area contributed by atoms with Crippen molar-refractivity contribution < 1.29 is 14.0 Å². The molecular formula is C19H23FO2. The number of hydrogen-bond donors (Lipinski definition) is 0. The van der Waals surface area contributed by atoms with Crippen LogP contribution in [-0.2, 0) is 4.79 Å². The second kappa shape index (κ2) is 5.45. The molecule has 0 heterocycles. The van der Waals surface area contributed by atoms with Gasteiger partial charge in [-0.2, -0.15) is 0 Å². The van der Waals surface area contributed by atoms with Crippen LogP contribution in [0.2, 0.25) is 0 Å². The Bertz CT molecular complexity index is 657. The predicted octanol–water partition coefficient (Wildman–Crippen LogP) is 4.60. The molecule has 1 aromatic carbocycles. The Labute approximate surface area is 131 Å². The Morgan fingerprint density at radius 1 is 1.27 bits per heavy atom. The Kier molecular flexibility index (Phi) is 4.12. The number of benzene rings is 1. The summed E-state index contributed by atoms with van der Waals surface area (Å²) in [5, 5.41) is 0. The summed E-state index contributed by atoms with van der Waals surface area (Å²) in [4.78, 5) is 25.2. The summed E-state index contributed by atoms with van der Waals surface area (Å²) >= 11 is 0. The zero-order chi connectivity index (χ0) is 16.7. The number of allylic oxidation sites excluding steroid dienone is 2. The van der Waals surface area contributed by atoms with Gasteiger partial charge in [0.15, 0.2) is 11.6 Å². The van der Waals surface area contributed by atoms with Crippen LogP contribution in [0.25, 0.3) is 0 Å². The number of carbonyl (C=O) groups is 2. The fraction of sp³-hybridized carbons (Fsp3) is 0.474. The molecule has 0 aliphatic heterocycles. The molecule has 1 unspecified atom stereocenters. The molecule has 0 amide bonds. The van der Waals surface area contributed by atoms with Crippen molar-refractivity contribution in [3.8, 4) is 0 Å². The molecule has 0 N–H and O–H groups in total. The maximum absolute atomic E-state index is 13.7. The van der Waals surface area contributed by atoms with Gasteiger partial charge in [-0.05, 0) is 36.0 Å². The highest BCUT2D eigenvalue weighted by molar-refractivity contribution is 6.12. The van der Waals surface area contributed by atoms with Crippen LogP contribution in [0, 0.1) is 22.6 Å². The topological polar surface area (TPSA) is 34.1 Å². The number of carbonyl (C=O) groups excluding carboxylic acids is 2. The Morgan fingerprint density at radius 3 is 2.36 bits per heavy atom. The maximum atomic E-state index is 13.7. The van der Waals surface area contributed by atoms with Gasteiger partial charge in [0.05, 0.1) is 5.56 Å². The van der Waals surface area contributed by atoms with Crippen LogP contribution in [0.15, 0.2) is 35.9 Å². The third-order valence-electron chi connectivity index (χ3n) is 5.87. The molecule has 0 radical (unpaired) electrons. The predicted molar refractivity (Wildman–Crippen MR) is 85.2 cm³/mol. The summed E-state index contributed by atoms with van der Waals surface area (Å²) in [5.41, 5.74) is -0.200. The zero-order valence-corrected chi connectivity index (χ0v) is 13.9. The second-order valence-electron chi connectivity index (χ2n) is 6.90. The van der Waals surface area contributed by atoms with Crippen LogP contribution in [0.1, 0.15) is 51.4 Å². The van der Waals surface area contributed by atoms with E-state index in [1.54, 1.807) is 12.1 Å². The van der Waals surface area contributed by atoms with Crippen LogP contribution in [0.3, 0.4) is 0 Å². The highest BCUT2D eigenvalue weighted by Gasteiger charge is 2.57. The normalized spacial score (nSPS) is 29.1. The van der Waals surface area contributed by atoms with Gasteiger partial charge in [-0.3, -0.25) is 9.59 Å². The molecule has 0 saturated heterocycles. The van der Waals surface area contributed by atoms with Crippen LogP contribution in [0.5, 0.6) is 0 Å². The molecule has 2 rings (SSSR count). The lowest BCUT2D eigenvalue weighted by Gasteiger charge is -2.38. The van der Waals surface area contributed by atoms with Crippen molar-refractivity contribution in [2.45, 2.75) is 41.0 Å². The molecule has 3 heteroatoms. The summed E-state index contributed by atoms with van der Waals surface area (Å²) in [6.45, 7) is 10.1. The van der Waals surface area contributed by atoms with E-state index < -0.39 is 17.0 Å². The Hall–Kier alpha value is -1.77. The first-order valence-electron chi connectivity index (χ1n) is 7.72. The smallest absolute Gasteiger partial charge is 0.189 e. The van der Waals surface area contributed by atoms with Gasteiger partial charge in [0.2, 0.25) is 0 Å². The molecule has 2 nitrogen and oxygen atoms in total. The maximum Gasteiger partial charge on any atom is 0.189 e. The highest BCUT2D eigenvalue weighted by Crippen LogP contribution is 2.57. The molecule has 0 spiro atoms. The standard InChI is InChI=1S/C19H23FO2/c1-6-19(5)17(22)14(12(2)18(19,3)4)11-16(21)13-9-7-8-10-15(13)20/h7-12H,6H2,1-5H3/b14-11-/t12?,19-/m1/s1. The largest absolute Gasteiger partial charge is 0.294 e. The lowest BCUT2D eigenvalue weighted by atomic mass is 9.64. The van der Waals surface area contributed by atoms with E-state index in [2.05, 4.69) is 13.8 Å². The minimum Gasteiger partial charge on any atom is -0.294 e. The molecule has 2 atom stereocenters. The molecule has 1 aliphatic carbocycles. The van der Waals surface area contributed by atoms with Gasteiger partial charge >= 0.3 is 0 Å². The van der Waals surface area contributed by atoms with Crippen LogP contribution in [-0.4, -0.2) is 11.6 Å². The minimum atomic E-state index is -0.556. The van der Waals surface area contributed by atoms with Crippen molar-refractivity contribution in [2.24, 2.45) is 16.7 Å². The van der Waals surface area contributed by atoms with Crippen molar-refractivity contribution in [1.29, 1.82) is 0 Å². The fourth-order valence-corrected chi connectivity index (χ4v) is 3.36. The van der Waals surface area contributed by atoms with E-state index in [-0.39, 0.29) is 22.7 Å². The monoisotopic (exact) mass is 302 g/mol. The summed E-state index contributed by atoms with van der Waals surface area (Å²) in [5.74, 6) is -1.03. The molecule has 22 heavy (non-hydrogen) atoms. The highest BCUT2D eigenvalue weighted by atomic mass is 19.1. The average Bonchev–Trinajstić information content (AvgIpc) is 2.61. The number of rotatable bonds is 3. The van der Waals surface area contributed by atoms with Gasteiger partial charge in [-0.25, -0.2) is 4.39 Å². The van der Waals surface area contributed by atoms with Crippen LogP contribution in [0.4, 0.5) is 4.39 Å². The summed E-state index contributed by atoms with van der Waals surface area (Å²) in [7, 11) is 0. The summed E-state index contributed by atoms with van der Waals surface area (Å²) < 4.78 is 13.7. The van der Waals surface area contributed by atoms with Crippen LogP contribution >= 0.6 is 0 Å². The number of Topliss-reactive ketones (excluding diaryl/α,β-unsaturated/α-hetero) is 1. The van der Waals surface area contributed by atoms with Gasteiger partial charge in [-0.1, -0.05) is 46.8 Å². The Balaban J connectivity index is 2.47. The quantitative estimate of drug-likeness (QED) is 0.604. The minimum absolute atomic E-state index is 0.0113. The SMILES string of the molecule is CC[C@]1(C)C(=O)/C(=C\C(=O)c2ccccc2F)C(C)C1(C)C. The van der Waals surface area contributed by atoms with Gasteiger partial charge in [0.25, 0.3) is 0 Å². The van der Waals surface area contributed by atoms with E-state index in [1.165, 1.54) is 18.2 Å². The van der Waals surface area contributed by atoms with Gasteiger partial charge < -0.3 is 0 Å².